The number of anilines is 2. The van der Waals surface area contributed by atoms with Gasteiger partial charge in [-0.05, 0) is 30.7 Å². The summed E-state index contributed by atoms with van der Waals surface area (Å²) in [5.41, 5.74) is 7.87. The van der Waals surface area contributed by atoms with Crippen molar-refractivity contribution in [3.05, 3.63) is 23.8 Å². The molecule has 0 aliphatic rings. The fourth-order valence-corrected chi connectivity index (χ4v) is 1.68. The molecule has 108 valence electrons. The van der Waals surface area contributed by atoms with Crippen molar-refractivity contribution in [1.29, 1.82) is 5.26 Å². The van der Waals surface area contributed by atoms with Gasteiger partial charge in [0.15, 0.2) is 0 Å². The molecule has 0 spiro atoms. The Balaban J connectivity index is 2.61. The molecule has 0 bridgehead atoms. The van der Waals surface area contributed by atoms with Crippen molar-refractivity contribution in [1.82, 2.24) is 5.32 Å². The molecular weight excluding hydrogens is 256 g/mol. The Kier molecular flexibility index (Phi) is 6.33. The molecule has 0 radical (unpaired) electrons. The highest BCUT2D eigenvalue weighted by Gasteiger charge is 2.12. The van der Waals surface area contributed by atoms with Crippen LogP contribution in [0, 0.1) is 11.3 Å². The number of hydrogen-bond acceptors (Lipinski definition) is 5. The molecule has 4 N–H and O–H groups in total. The Labute approximate surface area is 118 Å². The number of methoxy groups -OCH3 is 1. The first kappa shape index (κ1) is 15.8. The standard InChI is InChI=1S/C14H20N4O2/c1-10(14(19)17-7-8-20-2)18-12-3-4-13(16)11(9-12)5-6-15/h3-4,9-10,18H,5,7-8,16H2,1-2H3,(H,17,19). The summed E-state index contributed by atoms with van der Waals surface area (Å²) in [5.74, 6) is -0.110. The van der Waals surface area contributed by atoms with Gasteiger partial charge in [-0.2, -0.15) is 5.26 Å². The van der Waals surface area contributed by atoms with Gasteiger partial charge in [-0.15, -0.1) is 0 Å². The lowest BCUT2D eigenvalue weighted by Gasteiger charge is -2.16. The van der Waals surface area contributed by atoms with Crippen LogP contribution in [0.25, 0.3) is 0 Å². The second-order valence-corrected chi connectivity index (χ2v) is 4.40. The molecule has 1 aromatic rings. The number of nitrogens with one attached hydrogen (secondary N) is 2. The molecule has 6 nitrogen and oxygen atoms in total. The molecule has 1 amide bonds. The van der Waals surface area contributed by atoms with Crippen LogP contribution in [-0.4, -0.2) is 32.2 Å². The Morgan fingerprint density at radius 3 is 2.95 bits per heavy atom. The summed E-state index contributed by atoms with van der Waals surface area (Å²) >= 11 is 0. The quantitative estimate of drug-likeness (QED) is 0.507. The van der Waals surface area contributed by atoms with Gasteiger partial charge in [0, 0.05) is 25.0 Å². The molecule has 1 rings (SSSR count). The minimum absolute atomic E-state index is 0.110. The van der Waals surface area contributed by atoms with Gasteiger partial charge in [-0.25, -0.2) is 0 Å². The SMILES string of the molecule is COCCNC(=O)C(C)Nc1ccc(N)c(CC#N)c1. The number of nitriles is 1. The van der Waals surface area contributed by atoms with Crippen molar-refractivity contribution in [2.45, 2.75) is 19.4 Å². The largest absolute Gasteiger partial charge is 0.398 e. The predicted octanol–water partition coefficient (Wildman–Crippen LogP) is 0.898. The number of nitrogens with zero attached hydrogens (tertiary/aromatic N) is 1. The first-order chi connectivity index (χ1) is 9.58. The summed E-state index contributed by atoms with van der Waals surface area (Å²) in [6.45, 7) is 2.72. The Morgan fingerprint density at radius 1 is 1.55 bits per heavy atom. The van der Waals surface area contributed by atoms with Gasteiger partial charge in [-0.3, -0.25) is 4.79 Å². The van der Waals surface area contributed by atoms with Crippen molar-refractivity contribution < 1.29 is 9.53 Å². The van der Waals surface area contributed by atoms with E-state index in [1.807, 2.05) is 0 Å². The maximum Gasteiger partial charge on any atom is 0.242 e. The van der Waals surface area contributed by atoms with Crippen LogP contribution in [0.1, 0.15) is 12.5 Å². The second-order valence-electron chi connectivity index (χ2n) is 4.40. The van der Waals surface area contributed by atoms with Crippen LogP contribution in [0.4, 0.5) is 11.4 Å². The zero-order valence-electron chi connectivity index (χ0n) is 11.8. The van der Waals surface area contributed by atoms with E-state index >= 15 is 0 Å². The summed E-state index contributed by atoms with van der Waals surface area (Å²) in [4.78, 5) is 11.8. The summed E-state index contributed by atoms with van der Waals surface area (Å²) in [5, 5.41) is 14.6. The Hall–Kier alpha value is -2.26. The van der Waals surface area contributed by atoms with Crippen molar-refractivity contribution in [2.24, 2.45) is 0 Å². The Morgan fingerprint density at radius 2 is 2.30 bits per heavy atom. The van der Waals surface area contributed by atoms with Crippen LogP contribution < -0.4 is 16.4 Å². The van der Waals surface area contributed by atoms with Crippen LogP contribution >= 0.6 is 0 Å². The molecule has 0 aliphatic heterocycles. The van der Waals surface area contributed by atoms with Gasteiger partial charge in [-0.1, -0.05) is 0 Å². The molecule has 1 aromatic carbocycles. The number of nitrogen functional groups attached to an aromatic ring is 1. The number of benzene rings is 1. The maximum atomic E-state index is 11.8. The van der Waals surface area contributed by atoms with Crippen LogP contribution in [0.2, 0.25) is 0 Å². The number of carbonyl (C=O) groups is 1. The van der Waals surface area contributed by atoms with E-state index < -0.39 is 0 Å². The van der Waals surface area contributed by atoms with Gasteiger partial charge < -0.3 is 21.1 Å². The third-order valence-corrected chi connectivity index (χ3v) is 2.79. The molecule has 0 heterocycles. The van der Waals surface area contributed by atoms with Crippen LogP contribution in [0.3, 0.4) is 0 Å². The van der Waals surface area contributed by atoms with E-state index in [1.54, 1.807) is 32.2 Å². The molecule has 20 heavy (non-hydrogen) atoms. The van der Waals surface area contributed by atoms with Gasteiger partial charge in [0.05, 0.1) is 19.1 Å². The van der Waals surface area contributed by atoms with E-state index in [2.05, 4.69) is 16.7 Å². The fourth-order valence-electron chi connectivity index (χ4n) is 1.68. The third-order valence-electron chi connectivity index (χ3n) is 2.79. The van der Waals surface area contributed by atoms with Crippen LogP contribution in [0.15, 0.2) is 18.2 Å². The summed E-state index contributed by atoms with van der Waals surface area (Å²) < 4.78 is 4.87. The van der Waals surface area contributed by atoms with Gasteiger partial charge >= 0.3 is 0 Å². The molecule has 0 fully saturated rings. The number of rotatable bonds is 7. The van der Waals surface area contributed by atoms with Gasteiger partial charge in [0.25, 0.3) is 0 Å². The minimum Gasteiger partial charge on any atom is -0.398 e. The second kappa shape index (κ2) is 8.02. The molecular formula is C14H20N4O2. The highest BCUT2D eigenvalue weighted by molar-refractivity contribution is 5.84. The van der Waals surface area contributed by atoms with Crippen molar-refractivity contribution in [3.63, 3.8) is 0 Å². The molecule has 0 aliphatic carbocycles. The minimum atomic E-state index is -0.384. The van der Waals surface area contributed by atoms with Crippen molar-refractivity contribution in [2.75, 3.05) is 31.3 Å². The molecule has 0 saturated carbocycles. The normalized spacial score (nSPS) is 11.4. The van der Waals surface area contributed by atoms with E-state index in [9.17, 15) is 4.79 Å². The van der Waals surface area contributed by atoms with Crippen molar-refractivity contribution in [3.8, 4) is 6.07 Å². The van der Waals surface area contributed by atoms with E-state index in [0.29, 0.717) is 18.8 Å². The van der Waals surface area contributed by atoms with E-state index in [-0.39, 0.29) is 18.4 Å². The number of ether oxygens (including phenoxy) is 1. The van der Waals surface area contributed by atoms with Gasteiger partial charge in [0.1, 0.15) is 6.04 Å². The molecule has 1 unspecified atom stereocenters. The van der Waals surface area contributed by atoms with Crippen LogP contribution in [0.5, 0.6) is 0 Å². The number of hydrogen-bond donors (Lipinski definition) is 3. The van der Waals surface area contributed by atoms with Gasteiger partial charge in [0.2, 0.25) is 5.91 Å². The maximum absolute atomic E-state index is 11.8. The van der Waals surface area contributed by atoms with Crippen molar-refractivity contribution >= 4 is 17.3 Å². The molecule has 0 aromatic heterocycles. The highest BCUT2D eigenvalue weighted by atomic mass is 16.5. The molecule has 6 heteroatoms. The summed E-state index contributed by atoms with van der Waals surface area (Å²) in [6.07, 6.45) is 0.246. The first-order valence-corrected chi connectivity index (χ1v) is 6.37. The number of amides is 1. The third kappa shape index (κ3) is 4.78. The zero-order valence-corrected chi connectivity index (χ0v) is 11.8. The lowest BCUT2D eigenvalue weighted by atomic mass is 10.1. The average molecular weight is 276 g/mol. The lowest BCUT2D eigenvalue weighted by Crippen LogP contribution is -2.39. The molecule has 1 atom stereocenters. The van der Waals surface area contributed by atoms with Crippen LogP contribution in [-0.2, 0) is 16.0 Å². The zero-order chi connectivity index (χ0) is 15.0. The first-order valence-electron chi connectivity index (χ1n) is 6.37. The summed E-state index contributed by atoms with van der Waals surface area (Å²) in [6, 6.07) is 6.98. The fraction of sp³-hybridized carbons (Fsp3) is 0.429. The average Bonchev–Trinajstić information content (AvgIpc) is 2.43. The van der Waals surface area contributed by atoms with E-state index in [4.69, 9.17) is 15.7 Å². The highest BCUT2D eigenvalue weighted by Crippen LogP contribution is 2.18. The predicted molar refractivity (Wildman–Crippen MR) is 78.1 cm³/mol. The number of carbonyl (C=O) groups excluding carboxylic acids is 1. The lowest BCUT2D eigenvalue weighted by molar-refractivity contribution is -0.121. The Bertz CT molecular complexity index is 496. The summed E-state index contributed by atoms with van der Waals surface area (Å²) in [7, 11) is 1.58. The van der Waals surface area contributed by atoms with E-state index in [0.717, 1.165) is 11.3 Å². The molecule has 0 saturated heterocycles. The van der Waals surface area contributed by atoms with E-state index in [1.165, 1.54) is 0 Å². The monoisotopic (exact) mass is 276 g/mol. The number of nitrogens with two attached hydrogens (primary N) is 1. The topological polar surface area (TPSA) is 100 Å². The smallest absolute Gasteiger partial charge is 0.242 e.